The Labute approximate surface area is 95.6 Å². The number of nitro groups is 1. The standard InChI is InChI=1S/C8H11N3O4S/c1-5-8(11(14)15)6(2)10(9-5)4-16-3-7(12)13/h3-4H2,1-2H3,(H,12,13). The van der Waals surface area contributed by atoms with E-state index in [2.05, 4.69) is 5.10 Å². The molecular formula is C8H11N3O4S. The van der Waals surface area contributed by atoms with Gasteiger partial charge in [-0.1, -0.05) is 0 Å². The molecule has 7 nitrogen and oxygen atoms in total. The number of thioether (sulfide) groups is 1. The van der Waals surface area contributed by atoms with Crippen molar-refractivity contribution in [3.63, 3.8) is 0 Å². The number of carbonyl (C=O) groups is 1. The van der Waals surface area contributed by atoms with Crippen molar-refractivity contribution in [3.05, 3.63) is 21.5 Å². The SMILES string of the molecule is Cc1nn(CSCC(=O)O)c(C)c1[N+](=O)[O-]. The summed E-state index contributed by atoms with van der Waals surface area (Å²) in [6.45, 7) is 3.16. The Morgan fingerprint density at radius 3 is 2.69 bits per heavy atom. The highest BCUT2D eigenvalue weighted by Crippen LogP contribution is 2.22. The van der Waals surface area contributed by atoms with E-state index in [-0.39, 0.29) is 11.4 Å². The van der Waals surface area contributed by atoms with Crippen molar-refractivity contribution >= 4 is 23.4 Å². The maximum Gasteiger partial charge on any atom is 0.313 e. The third-order valence-corrected chi connectivity index (χ3v) is 2.84. The lowest BCUT2D eigenvalue weighted by Crippen LogP contribution is -2.04. The second-order valence-corrected chi connectivity index (χ2v) is 4.10. The first-order chi connectivity index (χ1) is 7.43. The van der Waals surface area contributed by atoms with E-state index in [0.29, 0.717) is 17.3 Å². The molecule has 0 radical (unpaired) electrons. The summed E-state index contributed by atoms with van der Waals surface area (Å²) in [7, 11) is 0. The summed E-state index contributed by atoms with van der Waals surface area (Å²) in [5, 5.41) is 23.1. The number of aryl methyl sites for hydroxylation is 1. The minimum atomic E-state index is -0.916. The number of aliphatic carboxylic acids is 1. The van der Waals surface area contributed by atoms with Gasteiger partial charge in [-0.05, 0) is 13.8 Å². The molecule has 0 saturated carbocycles. The molecule has 8 heteroatoms. The molecule has 1 aromatic rings. The molecule has 0 amide bonds. The van der Waals surface area contributed by atoms with Crippen LogP contribution in [0.1, 0.15) is 11.4 Å². The van der Waals surface area contributed by atoms with E-state index in [4.69, 9.17) is 5.11 Å². The first-order valence-electron chi connectivity index (χ1n) is 4.41. The van der Waals surface area contributed by atoms with Gasteiger partial charge in [0.05, 0.1) is 16.6 Å². The third-order valence-electron chi connectivity index (χ3n) is 1.96. The van der Waals surface area contributed by atoms with Crippen molar-refractivity contribution < 1.29 is 14.8 Å². The van der Waals surface area contributed by atoms with E-state index in [0.717, 1.165) is 11.8 Å². The van der Waals surface area contributed by atoms with Crippen LogP contribution in [0.5, 0.6) is 0 Å². The molecule has 88 valence electrons. The van der Waals surface area contributed by atoms with Gasteiger partial charge in [-0.3, -0.25) is 19.6 Å². The zero-order valence-electron chi connectivity index (χ0n) is 8.84. The van der Waals surface area contributed by atoms with Gasteiger partial charge < -0.3 is 5.11 Å². The molecule has 1 rings (SSSR count). The molecule has 0 bridgehead atoms. The zero-order valence-corrected chi connectivity index (χ0v) is 9.65. The molecule has 0 atom stereocenters. The fourth-order valence-electron chi connectivity index (χ4n) is 1.30. The van der Waals surface area contributed by atoms with E-state index in [1.807, 2.05) is 0 Å². The Balaban J connectivity index is 2.79. The zero-order chi connectivity index (χ0) is 12.3. The molecule has 1 heterocycles. The fourth-order valence-corrected chi connectivity index (χ4v) is 1.99. The number of hydrogen-bond acceptors (Lipinski definition) is 5. The number of nitrogens with zero attached hydrogens (tertiary/aromatic N) is 3. The Kier molecular flexibility index (Phi) is 3.88. The predicted octanol–water partition coefficient (Wildman–Crippen LogP) is 1.18. The highest BCUT2D eigenvalue weighted by molar-refractivity contribution is 7.98. The van der Waals surface area contributed by atoms with Crippen molar-refractivity contribution in [1.29, 1.82) is 0 Å². The topological polar surface area (TPSA) is 98.3 Å². The highest BCUT2D eigenvalue weighted by atomic mass is 32.2. The van der Waals surface area contributed by atoms with Gasteiger partial charge in [-0.25, -0.2) is 0 Å². The van der Waals surface area contributed by atoms with E-state index < -0.39 is 10.9 Å². The summed E-state index contributed by atoms with van der Waals surface area (Å²) < 4.78 is 1.45. The molecule has 0 saturated heterocycles. The van der Waals surface area contributed by atoms with Gasteiger partial charge in [0.15, 0.2) is 0 Å². The Morgan fingerprint density at radius 1 is 1.62 bits per heavy atom. The molecular weight excluding hydrogens is 234 g/mol. The summed E-state index contributed by atoms with van der Waals surface area (Å²) in [6, 6.07) is 0. The number of carboxylic acids is 1. The summed E-state index contributed by atoms with van der Waals surface area (Å²) in [6.07, 6.45) is 0. The summed E-state index contributed by atoms with van der Waals surface area (Å²) in [5.41, 5.74) is 0.787. The van der Waals surface area contributed by atoms with E-state index in [1.54, 1.807) is 13.8 Å². The van der Waals surface area contributed by atoms with Crippen LogP contribution < -0.4 is 0 Å². The van der Waals surface area contributed by atoms with Crippen LogP contribution >= 0.6 is 11.8 Å². The third kappa shape index (κ3) is 2.72. The van der Waals surface area contributed by atoms with Gasteiger partial charge in [0, 0.05) is 0 Å². The average molecular weight is 245 g/mol. The molecule has 0 spiro atoms. The van der Waals surface area contributed by atoms with Crippen molar-refractivity contribution in [2.75, 3.05) is 5.75 Å². The summed E-state index contributed by atoms with van der Waals surface area (Å²) in [5.74, 6) is -0.667. The van der Waals surface area contributed by atoms with E-state index >= 15 is 0 Å². The van der Waals surface area contributed by atoms with Crippen LogP contribution in [0.4, 0.5) is 5.69 Å². The van der Waals surface area contributed by atoms with Crippen LogP contribution in [0.25, 0.3) is 0 Å². The van der Waals surface area contributed by atoms with Gasteiger partial charge >= 0.3 is 11.7 Å². The first kappa shape index (κ1) is 12.5. The van der Waals surface area contributed by atoms with Crippen molar-refractivity contribution in [1.82, 2.24) is 9.78 Å². The maximum atomic E-state index is 10.7. The molecule has 0 unspecified atom stereocenters. The van der Waals surface area contributed by atoms with Crippen molar-refractivity contribution in [3.8, 4) is 0 Å². The van der Waals surface area contributed by atoms with E-state index in [9.17, 15) is 14.9 Å². The Bertz CT molecular complexity index is 429. The minimum absolute atomic E-state index is 0.00377. The molecule has 16 heavy (non-hydrogen) atoms. The lowest BCUT2D eigenvalue weighted by Gasteiger charge is -2.00. The molecule has 0 aliphatic carbocycles. The van der Waals surface area contributed by atoms with Crippen LogP contribution in [0.3, 0.4) is 0 Å². The van der Waals surface area contributed by atoms with Gasteiger partial charge in [-0.15, -0.1) is 11.8 Å². The second-order valence-electron chi connectivity index (χ2n) is 3.15. The Morgan fingerprint density at radius 2 is 2.25 bits per heavy atom. The quantitative estimate of drug-likeness (QED) is 0.617. The lowest BCUT2D eigenvalue weighted by atomic mass is 10.3. The molecule has 0 aliphatic rings. The summed E-state index contributed by atoms with van der Waals surface area (Å²) >= 11 is 1.14. The second kappa shape index (κ2) is 4.97. The molecule has 0 fully saturated rings. The monoisotopic (exact) mass is 245 g/mol. The van der Waals surface area contributed by atoms with Gasteiger partial charge in [-0.2, -0.15) is 5.10 Å². The summed E-state index contributed by atoms with van der Waals surface area (Å²) in [4.78, 5) is 20.5. The number of rotatable bonds is 5. The fraction of sp³-hybridized carbons (Fsp3) is 0.500. The first-order valence-corrected chi connectivity index (χ1v) is 5.57. The molecule has 1 N–H and O–H groups in total. The smallest absolute Gasteiger partial charge is 0.313 e. The number of aromatic nitrogens is 2. The van der Waals surface area contributed by atoms with Crippen LogP contribution in [-0.4, -0.2) is 31.5 Å². The Hall–Kier alpha value is -1.57. The molecule has 1 aromatic heterocycles. The van der Waals surface area contributed by atoms with Gasteiger partial charge in [0.1, 0.15) is 11.4 Å². The van der Waals surface area contributed by atoms with Crippen LogP contribution in [-0.2, 0) is 10.7 Å². The average Bonchev–Trinajstić information content (AvgIpc) is 2.41. The normalized spacial score (nSPS) is 10.4. The molecule has 0 aliphatic heterocycles. The number of hydrogen-bond donors (Lipinski definition) is 1. The van der Waals surface area contributed by atoms with Crippen LogP contribution in [0.15, 0.2) is 0 Å². The van der Waals surface area contributed by atoms with Crippen LogP contribution in [0, 0.1) is 24.0 Å². The van der Waals surface area contributed by atoms with Crippen LogP contribution in [0.2, 0.25) is 0 Å². The predicted molar refractivity (Wildman–Crippen MR) is 58.4 cm³/mol. The maximum absolute atomic E-state index is 10.7. The van der Waals surface area contributed by atoms with E-state index in [1.165, 1.54) is 4.68 Å². The minimum Gasteiger partial charge on any atom is -0.481 e. The molecule has 0 aromatic carbocycles. The lowest BCUT2D eigenvalue weighted by molar-refractivity contribution is -0.386. The van der Waals surface area contributed by atoms with Crippen molar-refractivity contribution in [2.45, 2.75) is 19.7 Å². The largest absolute Gasteiger partial charge is 0.481 e. The van der Waals surface area contributed by atoms with Gasteiger partial charge in [0.25, 0.3) is 0 Å². The van der Waals surface area contributed by atoms with Crippen molar-refractivity contribution in [2.24, 2.45) is 0 Å². The highest BCUT2D eigenvalue weighted by Gasteiger charge is 2.21. The number of carboxylic acid groups (broad SMARTS) is 1. The van der Waals surface area contributed by atoms with Gasteiger partial charge in [0.2, 0.25) is 0 Å².